The predicted octanol–water partition coefficient (Wildman–Crippen LogP) is 3.81. The third kappa shape index (κ3) is 5.59. The smallest absolute Gasteiger partial charge is 0.263 e. The average molecular weight is 529 g/mol. The van der Waals surface area contributed by atoms with Crippen molar-refractivity contribution in [3.05, 3.63) is 62.9 Å². The molecule has 0 saturated heterocycles. The van der Waals surface area contributed by atoms with Gasteiger partial charge in [0.15, 0.2) is 18.1 Å². The number of halogens is 3. The third-order valence-electron chi connectivity index (χ3n) is 3.40. The van der Waals surface area contributed by atoms with Crippen LogP contribution in [0.2, 0.25) is 0 Å². The molecule has 9 nitrogen and oxygen atoms in total. The minimum absolute atomic E-state index is 0.0649. The van der Waals surface area contributed by atoms with Crippen molar-refractivity contribution in [1.82, 2.24) is 15.8 Å². The molecule has 3 rings (SSSR count). The molecule has 0 aliphatic carbocycles. The molecule has 0 bridgehead atoms. The third-order valence-corrected chi connectivity index (χ3v) is 4.54. The number of hydrogen-bond acceptors (Lipinski definition) is 7. The summed E-state index contributed by atoms with van der Waals surface area (Å²) in [6.45, 7) is -0.294. The fraction of sp³-hybridized carbons (Fsp3) is 0.0588. The van der Waals surface area contributed by atoms with Gasteiger partial charge in [-0.25, -0.2) is 14.0 Å². The van der Waals surface area contributed by atoms with Crippen molar-refractivity contribution in [2.24, 2.45) is 4.99 Å². The summed E-state index contributed by atoms with van der Waals surface area (Å²) in [7, 11) is 0. The molecule has 3 aromatic rings. The van der Waals surface area contributed by atoms with E-state index in [0.29, 0.717) is 11.4 Å². The van der Waals surface area contributed by atoms with E-state index >= 15 is 0 Å². The fourth-order valence-corrected chi connectivity index (χ4v) is 2.72. The van der Waals surface area contributed by atoms with Crippen LogP contribution >= 0.6 is 31.9 Å². The van der Waals surface area contributed by atoms with Gasteiger partial charge in [-0.1, -0.05) is 15.9 Å². The molecule has 1 heterocycles. The Kier molecular flexibility index (Phi) is 6.90. The Morgan fingerprint density at radius 1 is 1.21 bits per heavy atom. The molecule has 0 saturated carbocycles. The van der Waals surface area contributed by atoms with Gasteiger partial charge in [-0.05, 0) is 68.7 Å². The Balaban J connectivity index is 1.71. The van der Waals surface area contributed by atoms with E-state index in [1.165, 1.54) is 18.2 Å². The van der Waals surface area contributed by atoms with Crippen LogP contribution < -0.4 is 15.5 Å². The number of nitrogens with zero attached hydrogens (tertiary/aromatic N) is 3. The van der Waals surface area contributed by atoms with Crippen molar-refractivity contribution in [2.45, 2.75) is 0 Å². The standard InChI is InChI=1S/C17H12Br2FN5O4/c18-9-1-4-11(5-2-9)28-8-14(26)22-17-15(24-29-25-17)16(23-27)21-10-3-6-13(20)12(19)7-10/h1-7,27H,8H2,(H,21,23)(H,22,25,26). The largest absolute Gasteiger partial charge is 0.484 e. The number of amidine groups is 1. The molecule has 0 aliphatic heterocycles. The quantitative estimate of drug-likeness (QED) is 0.252. The average Bonchev–Trinajstić information content (AvgIpc) is 3.16. The van der Waals surface area contributed by atoms with Crippen molar-refractivity contribution in [1.29, 1.82) is 0 Å². The van der Waals surface area contributed by atoms with Gasteiger partial charge in [0.2, 0.25) is 5.82 Å². The Morgan fingerprint density at radius 2 is 1.97 bits per heavy atom. The molecule has 3 N–H and O–H groups in total. The Morgan fingerprint density at radius 3 is 2.66 bits per heavy atom. The number of hydrogen-bond donors (Lipinski definition) is 3. The van der Waals surface area contributed by atoms with Crippen LogP contribution in [0, 0.1) is 5.82 Å². The summed E-state index contributed by atoms with van der Waals surface area (Å²) in [6.07, 6.45) is 0. The van der Waals surface area contributed by atoms with Gasteiger partial charge in [0.05, 0.1) is 10.2 Å². The summed E-state index contributed by atoms with van der Waals surface area (Å²) < 4.78 is 24.4. The number of hydroxylamine groups is 1. The highest BCUT2D eigenvalue weighted by molar-refractivity contribution is 9.10. The van der Waals surface area contributed by atoms with Crippen molar-refractivity contribution in [3.8, 4) is 5.75 Å². The Hall–Kier alpha value is -2.83. The molecular formula is C17H12Br2FN5O4. The minimum Gasteiger partial charge on any atom is -0.484 e. The number of aliphatic imine (C=N–C) groups is 1. The maximum Gasteiger partial charge on any atom is 0.263 e. The lowest BCUT2D eigenvalue weighted by Crippen LogP contribution is -2.25. The van der Waals surface area contributed by atoms with Crippen LogP contribution in [0.5, 0.6) is 5.75 Å². The first-order valence-electron chi connectivity index (χ1n) is 7.91. The lowest BCUT2D eigenvalue weighted by molar-refractivity contribution is -0.118. The van der Waals surface area contributed by atoms with Crippen LogP contribution in [0.3, 0.4) is 0 Å². The van der Waals surface area contributed by atoms with E-state index in [0.717, 1.165) is 4.47 Å². The number of aromatic nitrogens is 2. The summed E-state index contributed by atoms with van der Waals surface area (Å²) in [4.78, 5) is 16.2. The number of rotatable bonds is 6. The molecule has 1 aromatic heterocycles. The zero-order chi connectivity index (χ0) is 20.8. The maximum atomic E-state index is 13.4. The SMILES string of the molecule is O=C(COc1ccc(Br)cc1)Nc1nonc1C(=Nc1ccc(F)c(Br)c1)NO. The summed E-state index contributed by atoms with van der Waals surface area (Å²) in [5.41, 5.74) is 2.09. The lowest BCUT2D eigenvalue weighted by Gasteiger charge is -2.07. The molecule has 0 spiro atoms. The van der Waals surface area contributed by atoms with Gasteiger partial charge in [-0.2, -0.15) is 0 Å². The Labute approximate surface area is 180 Å². The number of carbonyl (C=O) groups is 1. The normalized spacial score (nSPS) is 11.2. The summed E-state index contributed by atoms with van der Waals surface area (Å²) in [5, 5.41) is 19.1. The highest BCUT2D eigenvalue weighted by Crippen LogP contribution is 2.23. The van der Waals surface area contributed by atoms with Gasteiger partial charge in [-0.15, -0.1) is 0 Å². The van der Waals surface area contributed by atoms with E-state index in [-0.39, 0.29) is 28.4 Å². The lowest BCUT2D eigenvalue weighted by atomic mass is 10.3. The van der Waals surface area contributed by atoms with Crippen molar-refractivity contribution < 1.29 is 23.8 Å². The Bertz CT molecular complexity index is 1040. The second-order valence-corrected chi connectivity index (χ2v) is 7.19. The highest BCUT2D eigenvalue weighted by atomic mass is 79.9. The van der Waals surface area contributed by atoms with Crippen LogP contribution in [0.25, 0.3) is 0 Å². The number of benzene rings is 2. The molecule has 0 atom stereocenters. The number of amides is 1. The zero-order valence-corrected chi connectivity index (χ0v) is 17.6. The van der Waals surface area contributed by atoms with Gasteiger partial charge in [-0.3, -0.25) is 15.5 Å². The fourth-order valence-electron chi connectivity index (χ4n) is 2.09. The van der Waals surface area contributed by atoms with Crippen LogP contribution in [0.1, 0.15) is 5.69 Å². The van der Waals surface area contributed by atoms with Crippen molar-refractivity contribution in [2.75, 3.05) is 11.9 Å². The van der Waals surface area contributed by atoms with E-state index in [2.05, 4.69) is 57.1 Å². The number of carbonyl (C=O) groups excluding carboxylic acids is 1. The van der Waals surface area contributed by atoms with Gasteiger partial charge >= 0.3 is 0 Å². The molecule has 0 unspecified atom stereocenters. The molecular weight excluding hydrogens is 517 g/mol. The monoisotopic (exact) mass is 527 g/mol. The summed E-state index contributed by atoms with van der Waals surface area (Å²) >= 11 is 6.35. The van der Waals surface area contributed by atoms with E-state index in [1.54, 1.807) is 24.3 Å². The van der Waals surface area contributed by atoms with Crippen LogP contribution in [0.4, 0.5) is 15.9 Å². The molecule has 29 heavy (non-hydrogen) atoms. The first-order valence-corrected chi connectivity index (χ1v) is 9.50. The first-order chi connectivity index (χ1) is 14.0. The molecule has 150 valence electrons. The van der Waals surface area contributed by atoms with Crippen molar-refractivity contribution >= 4 is 55.1 Å². The van der Waals surface area contributed by atoms with Crippen LogP contribution in [-0.2, 0) is 4.79 Å². The van der Waals surface area contributed by atoms with Gasteiger partial charge in [0.25, 0.3) is 5.91 Å². The molecule has 0 aliphatic rings. The second kappa shape index (κ2) is 9.58. The first kappa shape index (κ1) is 20.9. The molecule has 2 aromatic carbocycles. The summed E-state index contributed by atoms with van der Waals surface area (Å²) in [5.74, 6) is -0.760. The van der Waals surface area contributed by atoms with Gasteiger partial charge in [0, 0.05) is 4.47 Å². The van der Waals surface area contributed by atoms with Crippen LogP contribution in [0.15, 0.2) is 61.0 Å². The summed E-state index contributed by atoms with van der Waals surface area (Å²) in [6, 6.07) is 10.9. The molecule has 12 heteroatoms. The van der Waals surface area contributed by atoms with E-state index < -0.39 is 11.7 Å². The maximum absolute atomic E-state index is 13.4. The molecule has 0 radical (unpaired) electrons. The van der Waals surface area contributed by atoms with Crippen molar-refractivity contribution in [3.63, 3.8) is 0 Å². The topological polar surface area (TPSA) is 122 Å². The zero-order valence-electron chi connectivity index (χ0n) is 14.4. The minimum atomic E-state index is -0.535. The second-order valence-electron chi connectivity index (χ2n) is 5.42. The van der Waals surface area contributed by atoms with Crippen LogP contribution in [-0.4, -0.2) is 33.9 Å². The molecule has 0 fully saturated rings. The molecule has 1 amide bonds. The number of anilines is 1. The van der Waals surface area contributed by atoms with E-state index in [1.807, 2.05) is 5.48 Å². The van der Waals surface area contributed by atoms with Gasteiger partial charge in [0.1, 0.15) is 11.6 Å². The number of nitrogens with one attached hydrogen (secondary N) is 2. The van der Waals surface area contributed by atoms with Gasteiger partial charge < -0.3 is 10.1 Å². The predicted molar refractivity (Wildman–Crippen MR) is 108 cm³/mol. The number of ether oxygens (including phenoxy) is 1. The van der Waals surface area contributed by atoms with E-state index in [4.69, 9.17) is 4.74 Å². The highest BCUT2D eigenvalue weighted by Gasteiger charge is 2.19. The van der Waals surface area contributed by atoms with E-state index in [9.17, 15) is 14.4 Å².